The number of H-pyrrole nitrogens is 1. The lowest BCUT2D eigenvalue weighted by atomic mass is 10.2. The van der Waals surface area contributed by atoms with Gasteiger partial charge in [-0.3, -0.25) is 4.98 Å². The molecule has 18 heavy (non-hydrogen) atoms. The summed E-state index contributed by atoms with van der Waals surface area (Å²) in [5.74, 6) is 0.426. The average Bonchev–Trinajstić information content (AvgIpc) is 2.92. The molecule has 0 spiro atoms. The van der Waals surface area contributed by atoms with Gasteiger partial charge in [-0.25, -0.2) is 9.78 Å². The van der Waals surface area contributed by atoms with Crippen LogP contribution in [-0.2, 0) is 6.42 Å². The number of aromatic nitrogens is 3. The zero-order chi connectivity index (χ0) is 12.7. The predicted octanol–water partition coefficient (Wildman–Crippen LogP) is 1.45. The molecule has 6 heteroatoms. The molecule has 0 radical (unpaired) electrons. The van der Waals surface area contributed by atoms with Gasteiger partial charge in [0.15, 0.2) is 5.58 Å². The van der Waals surface area contributed by atoms with Gasteiger partial charge in [-0.05, 0) is 6.07 Å². The summed E-state index contributed by atoms with van der Waals surface area (Å²) < 4.78 is 6.86. The Morgan fingerprint density at radius 2 is 2.33 bits per heavy atom. The largest absolute Gasteiger partial charge is 0.417 e. The minimum Gasteiger partial charge on any atom is -0.408 e. The first kappa shape index (κ1) is 10.6. The number of aromatic amines is 1. The fourth-order valence-electron chi connectivity index (χ4n) is 2.03. The van der Waals surface area contributed by atoms with E-state index in [4.69, 9.17) is 10.2 Å². The van der Waals surface area contributed by atoms with E-state index in [0.717, 1.165) is 17.9 Å². The molecule has 0 saturated heterocycles. The Labute approximate surface area is 102 Å². The number of imidazole rings is 1. The SMILES string of the molecule is CCc1nccn1-c1cc2[nH]c(=O)oc2cc1N. The lowest BCUT2D eigenvalue weighted by molar-refractivity contribution is 0.555. The molecule has 0 amide bonds. The monoisotopic (exact) mass is 244 g/mol. The van der Waals surface area contributed by atoms with E-state index in [1.165, 1.54) is 0 Å². The van der Waals surface area contributed by atoms with Crippen LogP contribution in [0.2, 0.25) is 0 Å². The molecule has 0 atom stereocenters. The molecular weight excluding hydrogens is 232 g/mol. The molecule has 3 aromatic rings. The number of anilines is 1. The van der Waals surface area contributed by atoms with Crippen LogP contribution >= 0.6 is 0 Å². The van der Waals surface area contributed by atoms with E-state index in [9.17, 15) is 4.79 Å². The molecule has 2 heterocycles. The predicted molar refractivity (Wildman–Crippen MR) is 67.7 cm³/mol. The Balaban J connectivity index is 2.28. The number of nitrogens with zero attached hydrogens (tertiary/aromatic N) is 2. The highest BCUT2D eigenvalue weighted by Gasteiger charge is 2.10. The number of nitrogens with two attached hydrogens (primary N) is 1. The molecule has 0 aliphatic carbocycles. The second kappa shape index (κ2) is 3.76. The molecule has 6 nitrogen and oxygen atoms in total. The number of hydrogen-bond donors (Lipinski definition) is 2. The smallest absolute Gasteiger partial charge is 0.408 e. The summed E-state index contributed by atoms with van der Waals surface area (Å²) in [7, 11) is 0. The number of fused-ring (bicyclic) bond motifs is 1. The van der Waals surface area contributed by atoms with Crippen molar-refractivity contribution in [3.8, 4) is 5.69 Å². The van der Waals surface area contributed by atoms with Gasteiger partial charge in [-0.15, -0.1) is 0 Å². The highest BCUT2D eigenvalue weighted by Crippen LogP contribution is 2.24. The molecule has 1 aromatic carbocycles. The van der Waals surface area contributed by atoms with Crippen LogP contribution in [0.25, 0.3) is 16.8 Å². The fourth-order valence-corrected chi connectivity index (χ4v) is 2.03. The van der Waals surface area contributed by atoms with Crippen LogP contribution < -0.4 is 11.5 Å². The van der Waals surface area contributed by atoms with E-state index in [-0.39, 0.29) is 0 Å². The first-order valence-electron chi connectivity index (χ1n) is 5.64. The molecule has 0 aliphatic rings. The summed E-state index contributed by atoms with van der Waals surface area (Å²) >= 11 is 0. The van der Waals surface area contributed by atoms with Crippen LogP contribution in [0.1, 0.15) is 12.7 Å². The minimum absolute atomic E-state index is 0.458. The first-order chi connectivity index (χ1) is 8.69. The molecular formula is C12H12N4O2. The van der Waals surface area contributed by atoms with Gasteiger partial charge >= 0.3 is 5.76 Å². The van der Waals surface area contributed by atoms with Gasteiger partial charge in [0, 0.05) is 24.9 Å². The Morgan fingerprint density at radius 3 is 3.11 bits per heavy atom. The molecule has 0 aliphatic heterocycles. The summed E-state index contributed by atoms with van der Waals surface area (Å²) in [6, 6.07) is 3.43. The molecule has 0 bridgehead atoms. The third-order valence-electron chi connectivity index (χ3n) is 2.86. The van der Waals surface area contributed by atoms with Gasteiger partial charge < -0.3 is 14.7 Å². The van der Waals surface area contributed by atoms with Crippen molar-refractivity contribution in [2.75, 3.05) is 5.73 Å². The van der Waals surface area contributed by atoms with Crippen molar-refractivity contribution in [2.24, 2.45) is 0 Å². The molecule has 0 unspecified atom stereocenters. The Hall–Kier alpha value is -2.50. The van der Waals surface area contributed by atoms with Crippen molar-refractivity contribution in [3.05, 3.63) is 40.9 Å². The maximum atomic E-state index is 11.1. The second-order valence-electron chi connectivity index (χ2n) is 3.99. The highest BCUT2D eigenvalue weighted by atomic mass is 16.4. The summed E-state index contributed by atoms with van der Waals surface area (Å²) in [6.45, 7) is 2.02. The van der Waals surface area contributed by atoms with E-state index in [1.54, 1.807) is 18.3 Å². The van der Waals surface area contributed by atoms with Crippen molar-refractivity contribution in [1.82, 2.24) is 14.5 Å². The zero-order valence-corrected chi connectivity index (χ0v) is 9.80. The van der Waals surface area contributed by atoms with Crippen molar-refractivity contribution >= 4 is 16.8 Å². The summed E-state index contributed by atoms with van der Waals surface area (Å²) in [6.07, 6.45) is 4.36. The normalized spacial score (nSPS) is 11.2. The van der Waals surface area contributed by atoms with Gasteiger partial charge in [0.1, 0.15) is 5.82 Å². The van der Waals surface area contributed by atoms with E-state index in [1.807, 2.05) is 17.7 Å². The van der Waals surface area contributed by atoms with E-state index < -0.39 is 5.76 Å². The van der Waals surface area contributed by atoms with Gasteiger partial charge in [0.25, 0.3) is 0 Å². The van der Waals surface area contributed by atoms with Crippen molar-refractivity contribution in [1.29, 1.82) is 0 Å². The maximum Gasteiger partial charge on any atom is 0.417 e. The summed E-state index contributed by atoms with van der Waals surface area (Å²) in [5.41, 5.74) is 8.39. The van der Waals surface area contributed by atoms with Gasteiger partial charge in [-0.2, -0.15) is 0 Å². The number of benzene rings is 1. The molecule has 2 aromatic heterocycles. The van der Waals surface area contributed by atoms with Crippen LogP contribution in [0.3, 0.4) is 0 Å². The number of hydrogen-bond acceptors (Lipinski definition) is 4. The minimum atomic E-state index is -0.483. The van der Waals surface area contributed by atoms with E-state index in [2.05, 4.69) is 9.97 Å². The van der Waals surface area contributed by atoms with Crippen molar-refractivity contribution in [3.63, 3.8) is 0 Å². The zero-order valence-electron chi connectivity index (χ0n) is 9.80. The molecule has 3 rings (SSSR count). The topological polar surface area (TPSA) is 89.8 Å². The Bertz CT molecular complexity index is 766. The second-order valence-corrected chi connectivity index (χ2v) is 3.99. The maximum absolute atomic E-state index is 11.1. The lowest BCUT2D eigenvalue weighted by Crippen LogP contribution is -2.03. The van der Waals surface area contributed by atoms with E-state index >= 15 is 0 Å². The molecule has 3 N–H and O–H groups in total. The van der Waals surface area contributed by atoms with Crippen LogP contribution in [-0.4, -0.2) is 14.5 Å². The third kappa shape index (κ3) is 1.50. The van der Waals surface area contributed by atoms with Gasteiger partial charge in [0.05, 0.1) is 16.9 Å². The third-order valence-corrected chi connectivity index (χ3v) is 2.86. The lowest BCUT2D eigenvalue weighted by Gasteiger charge is -2.09. The summed E-state index contributed by atoms with van der Waals surface area (Å²) in [4.78, 5) is 18.0. The standard InChI is InChI=1S/C12H12N4O2/c1-2-11-14-3-4-16(11)9-6-8-10(5-7(9)13)18-12(17)15-8/h3-6H,2,13H2,1H3,(H,15,17). The van der Waals surface area contributed by atoms with Crippen LogP contribution in [0, 0.1) is 0 Å². The van der Waals surface area contributed by atoms with Crippen LogP contribution in [0.4, 0.5) is 5.69 Å². The molecule has 0 saturated carbocycles. The number of aryl methyl sites for hydroxylation is 1. The number of rotatable bonds is 2. The summed E-state index contributed by atoms with van der Waals surface area (Å²) in [5, 5.41) is 0. The van der Waals surface area contributed by atoms with Crippen LogP contribution in [0.15, 0.2) is 33.7 Å². The van der Waals surface area contributed by atoms with Gasteiger partial charge in [0.2, 0.25) is 0 Å². The molecule has 0 fully saturated rings. The van der Waals surface area contributed by atoms with Crippen molar-refractivity contribution in [2.45, 2.75) is 13.3 Å². The Kier molecular flexibility index (Phi) is 2.22. The molecule has 92 valence electrons. The average molecular weight is 244 g/mol. The van der Waals surface area contributed by atoms with Crippen molar-refractivity contribution < 1.29 is 4.42 Å². The number of oxazole rings is 1. The fraction of sp³-hybridized carbons (Fsp3) is 0.167. The Morgan fingerprint density at radius 1 is 1.50 bits per heavy atom. The van der Waals surface area contributed by atoms with Gasteiger partial charge in [-0.1, -0.05) is 6.92 Å². The highest BCUT2D eigenvalue weighted by molar-refractivity contribution is 5.81. The first-order valence-corrected chi connectivity index (χ1v) is 5.64. The number of nitrogen functional groups attached to an aromatic ring is 1. The number of nitrogens with one attached hydrogen (secondary N) is 1. The quantitative estimate of drug-likeness (QED) is 0.667. The van der Waals surface area contributed by atoms with E-state index in [0.29, 0.717) is 16.8 Å². The van der Waals surface area contributed by atoms with Crippen LogP contribution in [0.5, 0.6) is 0 Å².